The number of carbonyl (C=O) groups excluding carboxylic acids is 6. The fourth-order valence-corrected chi connectivity index (χ4v) is 11.0. The van der Waals surface area contributed by atoms with E-state index in [1.54, 1.807) is 196 Å². The minimum absolute atomic E-state index is 0. The summed E-state index contributed by atoms with van der Waals surface area (Å²) in [7, 11) is 0. The molecule has 0 saturated heterocycles. The van der Waals surface area contributed by atoms with Crippen molar-refractivity contribution in [2.75, 3.05) is 0 Å². The van der Waals surface area contributed by atoms with Crippen LogP contribution in [0.2, 0.25) is 0 Å². The number of halogens is 7. The molecule has 0 bridgehead atoms. The summed E-state index contributed by atoms with van der Waals surface area (Å²) in [5, 5.41) is 25.6. The molecule has 0 aliphatic carbocycles. The predicted molar refractivity (Wildman–Crippen MR) is 467 cm³/mol. The van der Waals surface area contributed by atoms with E-state index in [4.69, 9.17) is 24.2 Å². The van der Waals surface area contributed by atoms with E-state index in [0.29, 0.717) is 72.9 Å². The van der Waals surface area contributed by atoms with Gasteiger partial charge in [0, 0.05) is 39.6 Å². The van der Waals surface area contributed by atoms with E-state index >= 15 is 0 Å². The molecule has 0 atom stereocenters. The van der Waals surface area contributed by atoms with Gasteiger partial charge in [-0.2, -0.15) is 26.3 Å². The zero-order chi connectivity index (χ0) is 88.8. The summed E-state index contributed by atoms with van der Waals surface area (Å²) in [6.45, 7) is 8.63. The number of nitrogens with zero attached hydrogens (tertiary/aromatic N) is 7. The highest BCUT2D eigenvalue weighted by Crippen LogP contribution is 2.37. The Hall–Kier alpha value is -16.3. The van der Waals surface area contributed by atoms with E-state index in [-0.39, 0.29) is 49.2 Å². The monoisotopic (exact) mass is 1720 g/mol. The molecule has 0 saturated carbocycles. The number of carbonyl (C=O) groups is 6. The van der Waals surface area contributed by atoms with Gasteiger partial charge in [0.15, 0.2) is 0 Å². The van der Waals surface area contributed by atoms with Crippen molar-refractivity contribution < 1.29 is 98.0 Å². The normalized spacial score (nSPS) is 11.3. The van der Waals surface area contributed by atoms with Crippen molar-refractivity contribution in [3.63, 3.8) is 0 Å². The average Bonchev–Trinajstić information content (AvgIpc) is 0.810. The summed E-state index contributed by atoms with van der Waals surface area (Å²) in [5.41, 5.74) is 5.94. The molecule has 632 valence electrons. The molecule has 19 nitrogen and oxygen atoms in total. The number of rotatable bonds is 21. The summed E-state index contributed by atoms with van der Waals surface area (Å²) < 4.78 is 78.1. The van der Waals surface area contributed by atoms with Crippen molar-refractivity contribution in [1.82, 2.24) is 4.98 Å². The highest BCUT2D eigenvalue weighted by molar-refractivity contribution is 6.53. The Balaban J connectivity index is 0.000000200. The molecular formula is C100H76ClF6N7O12. The first kappa shape index (κ1) is 93.6. The number of alkyl halides is 6. The molecule has 26 heteroatoms. The number of pyridine rings is 1. The van der Waals surface area contributed by atoms with E-state index in [2.05, 4.69) is 47.3 Å². The van der Waals surface area contributed by atoms with Crippen LogP contribution in [0.4, 0.5) is 26.3 Å². The number of fused-ring (bicyclic) bond motifs is 1. The Bertz CT molecular complexity index is 5940. The van der Waals surface area contributed by atoms with Gasteiger partial charge in [0.05, 0.1) is 56.1 Å². The van der Waals surface area contributed by atoms with Crippen LogP contribution in [0.15, 0.2) is 431 Å². The lowest BCUT2D eigenvalue weighted by Crippen LogP contribution is -3.00. The summed E-state index contributed by atoms with van der Waals surface area (Å²) in [6, 6.07) is 109. The minimum Gasteiger partial charge on any atom is -1.00 e. The van der Waals surface area contributed by atoms with Gasteiger partial charge in [-0.1, -0.05) is 347 Å². The van der Waals surface area contributed by atoms with Crippen LogP contribution in [-0.4, -0.2) is 75.1 Å². The molecule has 13 aromatic carbocycles. The lowest BCUT2D eigenvalue weighted by atomic mass is 10.00. The van der Waals surface area contributed by atoms with Gasteiger partial charge in [-0.05, 0) is 115 Å². The number of benzene rings is 13. The molecule has 0 aliphatic heterocycles. The van der Waals surface area contributed by atoms with Gasteiger partial charge in [-0.25, -0.2) is 28.8 Å². The second-order valence-corrected chi connectivity index (χ2v) is 26.4. The Kier molecular flexibility index (Phi) is 35.4. The molecule has 0 fully saturated rings. The second kappa shape index (κ2) is 47.6. The van der Waals surface area contributed by atoms with Crippen molar-refractivity contribution in [2.24, 2.45) is 30.9 Å². The first-order valence-electron chi connectivity index (χ1n) is 38.1. The molecule has 126 heavy (non-hydrogen) atoms. The van der Waals surface area contributed by atoms with Gasteiger partial charge < -0.3 is 41.4 Å². The summed E-state index contributed by atoms with van der Waals surface area (Å²) in [6.07, 6.45) is -8.50. The van der Waals surface area contributed by atoms with Gasteiger partial charge in [-0.15, -0.1) is 0 Å². The summed E-state index contributed by atoms with van der Waals surface area (Å²) in [4.78, 5) is 107. The molecule has 0 radical (unpaired) electrons. The van der Waals surface area contributed by atoms with Crippen molar-refractivity contribution in [2.45, 2.75) is 33.1 Å². The molecule has 0 amide bonds. The van der Waals surface area contributed by atoms with Crippen LogP contribution in [0, 0.1) is 0 Å². The van der Waals surface area contributed by atoms with Gasteiger partial charge >= 0.3 is 49.6 Å². The quantitative estimate of drug-likeness (QED) is 0.0214. The topological polar surface area (TPSA) is 245 Å². The molecule has 0 unspecified atom stereocenters. The summed E-state index contributed by atoms with van der Waals surface area (Å²) >= 11 is 0. The molecule has 0 N–H and O–H groups in total. The lowest BCUT2D eigenvalue weighted by Gasteiger charge is -2.13. The van der Waals surface area contributed by atoms with Crippen LogP contribution >= 0.6 is 0 Å². The van der Waals surface area contributed by atoms with Crippen LogP contribution < -0.4 is 12.4 Å². The molecule has 0 spiro atoms. The molecular weight excluding hydrogens is 1640 g/mol. The van der Waals surface area contributed by atoms with Crippen molar-refractivity contribution in [3.05, 3.63) is 484 Å². The minimum atomic E-state index is -5.08. The fraction of sp³-hybridized carbons (Fsp3) is 0.0500. The van der Waals surface area contributed by atoms with Crippen LogP contribution in [0.5, 0.6) is 0 Å². The maximum atomic E-state index is 13.0. The molecule has 14 rings (SSSR count). The fourth-order valence-electron chi connectivity index (χ4n) is 11.0. The van der Waals surface area contributed by atoms with E-state index < -0.39 is 64.9 Å². The van der Waals surface area contributed by atoms with Crippen LogP contribution in [0.3, 0.4) is 0 Å². The second-order valence-electron chi connectivity index (χ2n) is 26.4. The predicted octanol–water partition coefficient (Wildman–Crippen LogP) is 19.6. The SMILES string of the molecule is C/C(=N\OC(=O)c1cccc2ccccc12)c1ccccc1.C=C(C)C(=O)O/N=C(\C)c1ccccc1.O=C(O/N=C(\C(=N/OC(=O)c1ccccc1)c1ccccc1)c1ccccc1)c1ccccc1.O=C(O/N=C(\c1ccccc1)c1ccccn1)c1ccccc1.O=C(ON=C(c1ccccc1)c1ccccc1)c1cc(C(F)(F)F)cc(C(F)(F)F)c1.[Cl-].[H+]. The maximum Gasteiger partial charge on any atom is 1.00 e. The largest absolute Gasteiger partial charge is 1.00 e. The third-order valence-corrected chi connectivity index (χ3v) is 17.4. The standard InChI is InChI=1S/C28H20N2O4.C22H13F6NO2.C19H14N2O2.C19H15NO2.C12H13NO2.ClH/c31-27(23-17-9-3-10-18-23)33-29-25(21-13-5-1-6-14-21)26(22-15-7-2-8-16-22)30-34-28(32)24-19-11-4-12-20-24;23-21(24,25)17-11-16(12-18(13-17)22(26,27)28)20(30)31-29-19(14-7-3-1-4-8-14)15-9-5-2-6-10-15;22-19(16-11-5-2-6-12-16)23-21-18(15-9-3-1-4-10-15)17-13-7-8-14-20-17;1-14(15-8-3-2-4-9-15)20-22-19(21)18-13-7-11-16-10-5-6-12-17(16)18;1-9(2)12(14)15-13-10(3)11-7-5-4-6-8-11;/h1-20H;1-13H;1-14H;2-13H,1H3;4-8H,1H2,2-3H3;1H/b29-25-,30-26-;;21-18+;20-14+;13-10+;. The van der Waals surface area contributed by atoms with E-state index in [9.17, 15) is 55.1 Å². The molecule has 1 heterocycles. The number of oxime groups is 6. The van der Waals surface area contributed by atoms with Crippen LogP contribution in [0.1, 0.15) is 130 Å². The third-order valence-electron chi connectivity index (χ3n) is 17.4. The molecule has 0 aliphatic rings. The van der Waals surface area contributed by atoms with Crippen molar-refractivity contribution in [3.8, 4) is 0 Å². The van der Waals surface area contributed by atoms with Crippen molar-refractivity contribution >= 4 is 80.9 Å². The van der Waals surface area contributed by atoms with Gasteiger partial charge in [0.25, 0.3) is 0 Å². The zero-order valence-electron chi connectivity index (χ0n) is 68.3. The Morgan fingerprint density at radius 1 is 0.294 bits per heavy atom. The van der Waals surface area contributed by atoms with E-state index in [0.717, 1.165) is 27.5 Å². The Morgan fingerprint density at radius 3 is 0.952 bits per heavy atom. The number of hydrogen-bond donors (Lipinski definition) is 0. The Labute approximate surface area is 728 Å². The average molecular weight is 1720 g/mol. The summed E-state index contributed by atoms with van der Waals surface area (Å²) in [5.74, 6) is -4.17. The first-order chi connectivity index (χ1) is 60.5. The molecule has 14 aromatic rings. The van der Waals surface area contributed by atoms with E-state index in [1.807, 2.05) is 195 Å². The smallest absolute Gasteiger partial charge is 1.00 e. The Morgan fingerprint density at radius 2 is 0.587 bits per heavy atom. The third kappa shape index (κ3) is 28.7. The van der Waals surface area contributed by atoms with Crippen LogP contribution in [0.25, 0.3) is 10.8 Å². The molecule has 1 aromatic heterocycles. The number of aromatic nitrogens is 1. The highest BCUT2D eigenvalue weighted by atomic mass is 35.5. The number of hydrogen-bond acceptors (Lipinski definition) is 19. The first-order valence-corrected chi connectivity index (χ1v) is 38.1. The van der Waals surface area contributed by atoms with Crippen LogP contribution in [-0.2, 0) is 46.2 Å². The zero-order valence-corrected chi connectivity index (χ0v) is 68.1. The highest BCUT2D eigenvalue weighted by Gasteiger charge is 2.38. The van der Waals surface area contributed by atoms with Gasteiger partial charge in [0.1, 0.15) is 22.8 Å². The maximum absolute atomic E-state index is 13.0. The van der Waals surface area contributed by atoms with Gasteiger partial charge in [-0.3, -0.25) is 4.98 Å². The lowest BCUT2D eigenvalue weighted by molar-refractivity contribution is -0.143. The van der Waals surface area contributed by atoms with E-state index in [1.165, 1.54) is 0 Å². The van der Waals surface area contributed by atoms with Crippen molar-refractivity contribution in [1.29, 1.82) is 0 Å². The van der Waals surface area contributed by atoms with Gasteiger partial charge in [0.2, 0.25) is 0 Å².